The lowest BCUT2D eigenvalue weighted by atomic mass is 9.99. The lowest BCUT2D eigenvalue weighted by Gasteiger charge is -2.21. The first-order chi connectivity index (χ1) is 43.7. The van der Waals surface area contributed by atoms with Gasteiger partial charge in [0.25, 0.3) is 0 Å². The molecule has 0 saturated carbocycles. The maximum absolute atomic E-state index is 13.0. The Bertz CT molecular complexity index is 1800. The van der Waals surface area contributed by atoms with Gasteiger partial charge in [0.05, 0.1) is 26.4 Å². The average molecular weight is 1340 g/mol. The summed E-state index contributed by atoms with van der Waals surface area (Å²) < 4.78 is 68.3. The molecule has 0 bridgehead atoms. The van der Waals surface area contributed by atoms with Crippen LogP contribution in [0.3, 0.4) is 0 Å². The molecule has 0 aliphatic heterocycles. The number of carbonyl (C=O) groups is 4. The Hall–Kier alpha value is -1.94. The summed E-state index contributed by atoms with van der Waals surface area (Å²) in [6, 6.07) is 0. The highest BCUT2D eigenvalue weighted by atomic mass is 31.2. The quantitative estimate of drug-likeness (QED) is 0.0222. The van der Waals surface area contributed by atoms with Crippen LogP contribution in [0, 0.1) is 23.7 Å². The molecule has 3 N–H and O–H groups in total. The fraction of sp³-hybridized carbons (Fsp3) is 0.944. The summed E-state index contributed by atoms with van der Waals surface area (Å²) in [5, 5.41) is 10.6. The number of phosphoric acid groups is 2. The van der Waals surface area contributed by atoms with Crippen LogP contribution in [0.2, 0.25) is 0 Å². The second-order valence-electron chi connectivity index (χ2n) is 27.4. The Morgan fingerprint density at radius 3 is 0.780 bits per heavy atom. The Labute approximate surface area is 556 Å². The Kier molecular flexibility index (Phi) is 60.3. The molecule has 0 saturated heterocycles. The number of unbranched alkanes of at least 4 members (excludes halogenated alkanes) is 33. The molecular formula is C72H140O17P2. The molecule has 0 rings (SSSR count). The van der Waals surface area contributed by atoms with Crippen molar-refractivity contribution in [3.8, 4) is 0 Å². The second kappa shape index (κ2) is 61.6. The van der Waals surface area contributed by atoms with Crippen molar-refractivity contribution >= 4 is 39.5 Å². The molecule has 0 spiro atoms. The molecule has 0 radical (unpaired) electrons. The van der Waals surface area contributed by atoms with Crippen LogP contribution in [0.5, 0.6) is 0 Å². The van der Waals surface area contributed by atoms with Gasteiger partial charge in [0.1, 0.15) is 19.3 Å². The largest absolute Gasteiger partial charge is 0.472 e. The van der Waals surface area contributed by atoms with Crippen molar-refractivity contribution in [2.45, 2.75) is 375 Å². The number of hydrogen-bond acceptors (Lipinski definition) is 15. The molecule has 540 valence electrons. The summed E-state index contributed by atoms with van der Waals surface area (Å²) >= 11 is 0. The first-order valence-electron chi connectivity index (χ1n) is 37.3. The summed E-state index contributed by atoms with van der Waals surface area (Å²) in [5.74, 6) is 0.891. The van der Waals surface area contributed by atoms with Gasteiger partial charge in [0, 0.05) is 25.7 Å². The molecule has 0 fully saturated rings. The van der Waals surface area contributed by atoms with E-state index in [-0.39, 0.29) is 25.7 Å². The van der Waals surface area contributed by atoms with E-state index >= 15 is 0 Å². The average Bonchev–Trinajstić information content (AvgIpc) is 3.58. The van der Waals surface area contributed by atoms with E-state index in [0.29, 0.717) is 25.7 Å². The van der Waals surface area contributed by atoms with Crippen molar-refractivity contribution < 1.29 is 80.2 Å². The van der Waals surface area contributed by atoms with Crippen LogP contribution in [0.15, 0.2) is 0 Å². The third-order valence-electron chi connectivity index (χ3n) is 17.3. The Morgan fingerprint density at radius 2 is 0.527 bits per heavy atom. The normalized spacial score (nSPS) is 14.8. The van der Waals surface area contributed by atoms with Crippen molar-refractivity contribution in [2.24, 2.45) is 23.7 Å². The van der Waals surface area contributed by atoms with Crippen molar-refractivity contribution in [1.29, 1.82) is 0 Å². The monoisotopic (exact) mass is 1340 g/mol. The molecule has 0 aromatic rings. The number of hydrogen-bond donors (Lipinski definition) is 3. The SMILES string of the molecule is CCC(C)CCCCCCCCCCC(=O)O[C@H](COC(=O)CCCCCCCCCCCCCCCCCC(C)C)COP(=O)(O)OCC(O)COP(=O)(O)OC[C@@H](COC(=O)CCCCCCCCCCC(C)C)OC(=O)CCCCCCCCC(C)CC. The number of phosphoric ester groups is 2. The number of aliphatic hydroxyl groups excluding tert-OH is 1. The molecule has 17 nitrogen and oxygen atoms in total. The summed E-state index contributed by atoms with van der Waals surface area (Å²) in [6.45, 7) is 14.1. The molecule has 5 unspecified atom stereocenters. The second-order valence-corrected chi connectivity index (χ2v) is 30.3. The maximum Gasteiger partial charge on any atom is 0.472 e. The highest BCUT2D eigenvalue weighted by molar-refractivity contribution is 7.47. The first-order valence-corrected chi connectivity index (χ1v) is 40.3. The van der Waals surface area contributed by atoms with E-state index < -0.39 is 97.5 Å². The lowest BCUT2D eigenvalue weighted by Crippen LogP contribution is -2.30. The van der Waals surface area contributed by atoms with E-state index in [4.69, 9.17) is 37.0 Å². The molecule has 0 aliphatic carbocycles. The maximum atomic E-state index is 13.0. The van der Waals surface area contributed by atoms with Gasteiger partial charge in [-0.1, -0.05) is 306 Å². The van der Waals surface area contributed by atoms with Crippen LogP contribution < -0.4 is 0 Å². The molecule has 0 aromatic carbocycles. The van der Waals surface area contributed by atoms with Gasteiger partial charge in [0.2, 0.25) is 0 Å². The zero-order valence-electron chi connectivity index (χ0n) is 59.5. The third-order valence-corrected chi connectivity index (χ3v) is 19.2. The van der Waals surface area contributed by atoms with Gasteiger partial charge in [0.15, 0.2) is 12.2 Å². The first kappa shape index (κ1) is 89.1. The van der Waals surface area contributed by atoms with Gasteiger partial charge in [-0.3, -0.25) is 37.3 Å². The van der Waals surface area contributed by atoms with Gasteiger partial charge in [-0.05, 0) is 49.4 Å². The Morgan fingerprint density at radius 1 is 0.308 bits per heavy atom. The molecule has 0 aliphatic rings. The van der Waals surface area contributed by atoms with Crippen molar-refractivity contribution in [3.63, 3.8) is 0 Å². The van der Waals surface area contributed by atoms with E-state index in [2.05, 4.69) is 55.4 Å². The van der Waals surface area contributed by atoms with Crippen LogP contribution in [-0.4, -0.2) is 96.7 Å². The van der Waals surface area contributed by atoms with Gasteiger partial charge >= 0.3 is 39.5 Å². The van der Waals surface area contributed by atoms with Gasteiger partial charge in [-0.2, -0.15) is 0 Å². The number of ether oxygens (including phenoxy) is 4. The topological polar surface area (TPSA) is 237 Å². The minimum atomic E-state index is -4.95. The zero-order valence-corrected chi connectivity index (χ0v) is 61.3. The molecule has 0 heterocycles. The van der Waals surface area contributed by atoms with E-state index in [1.165, 1.54) is 161 Å². The van der Waals surface area contributed by atoms with Crippen molar-refractivity contribution in [3.05, 3.63) is 0 Å². The fourth-order valence-corrected chi connectivity index (χ4v) is 12.4. The summed E-state index contributed by atoms with van der Waals surface area (Å²) in [4.78, 5) is 72.6. The summed E-state index contributed by atoms with van der Waals surface area (Å²) in [6.07, 6.45) is 44.5. The van der Waals surface area contributed by atoms with E-state index in [1.807, 2.05) is 0 Å². The molecule has 19 heteroatoms. The molecule has 0 aromatic heterocycles. The van der Waals surface area contributed by atoms with E-state index in [1.54, 1.807) is 0 Å². The van der Waals surface area contributed by atoms with Crippen molar-refractivity contribution in [1.82, 2.24) is 0 Å². The van der Waals surface area contributed by atoms with Crippen LogP contribution in [0.4, 0.5) is 0 Å². The minimum absolute atomic E-state index is 0.102. The smallest absolute Gasteiger partial charge is 0.462 e. The number of rotatable bonds is 69. The van der Waals surface area contributed by atoms with E-state index in [0.717, 1.165) is 114 Å². The molecule has 0 amide bonds. The molecular weight excluding hydrogens is 1200 g/mol. The van der Waals surface area contributed by atoms with Gasteiger partial charge in [-0.25, -0.2) is 9.13 Å². The molecule has 7 atom stereocenters. The van der Waals surface area contributed by atoms with Crippen LogP contribution in [0.1, 0.15) is 357 Å². The standard InChI is InChI=1S/C72H140O17P2/c1-9-64(7)50-42-34-26-21-23-29-38-46-54-71(76)88-67(58-82-69(74)52-44-36-27-19-17-15-13-11-12-14-16-18-24-32-40-48-62(3)4)60-86-90(78,79)84-56-66(73)57-85-91(80,81)87-61-68(89-72(77)55-47-39-31-30-35-43-51-65(8)10-2)59-83-70(75)53-45-37-28-22-20-25-33-41-49-63(5)6/h62-68,73H,9-61H2,1-8H3,(H,78,79)(H,80,81)/t64?,65?,66?,67-,68-/m1/s1. The fourth-order valence-electron chi connectivity index (χ4n) is 10.8. The highest BCUT2D eigenvalue weighted by Crippen LogP contribution is 2.45. The van der Waals surface area contributed by atoms with E-state index in [9.17, 15) is 43.2 Å². The number of aliphatic hydroxyl groups is 1. The predicted molar refractivity (Wildman–Crippen MR) is 367 cm³/mol. The summed E-state index contributed by atoms with van der Waals surface area (Å²) in [5.41, 5.74) is 0. The predicted octanol–water partition coefficient (Wildman–Crippen LogP) is 20.5. The minimum Gasteiger partial charge on any atom is -0.462 e. The Balaban J connectivity index is 5.22. The lowest BCUT2D eigenvalue weighted by molar-refractivity contribution is -0.161. The van der Waals surface area contributed by atoms with Crippen LogP contribution in [-0.2, 0) is 65.4 Å². The van der Waals surface area contributed by atoms with Gasteiger partial charge in [-0.15, -0.1) is 0 Å². The third kappa shape index (κ3) is 63.9. The van der Waals surface area contributed by atoms with Crippen LogP contribution >= 0.6 is 15.6 Å². The summed E-state index contributed by atoms with van der Waals surface area (Å²) in [7, 11) is -9.90. The highest BCUT2D eigenvalue weighted by Gasteiger charge is 2.30. The molecule has 91 heavy (non-hydrogen) atoms. The number of esters is 4. The zero-order chi connectivity index (χ0) is 67.5. The van der Waals surface area contributed by atoms with Crippen LogP contribution in [0.25, 0.3) is 0 Å². The number of carbonyl (C=O) groups excluding carboxylic acids is 4. The van der Waals surface area contributed by atoms with Crippen molar-refractivity contribution in [2.75, 3.05) is 39.6 Å². The van der Waals surface area contributed by atoms with Gasteiger partial charge < -0.3 is 33.8 Å².